The summed E-state index contributed by atoms with van der Waals surface area (Å²) in [4.78, 5) is 6.52. The standard InChI is InChI=1S/C7H11N2O2S/c1-7(2,10)5-12(11)6-8-3-4-9-6/h3-4H,5H2,1-2H3,(H,8,9). The molecular weight excluding hydrogens is 176 g/mol. The van der Waals surface area contributed by atoms with Crippen molar-refractivity contribution in [3.63, 3.8) is 0 Å². The Morgan fingerprint density at radius 2 is 2.42 bits per heavy atom. The minimum Gasteiger partial charge on any atom is -0.609 e. The van der Waals surface area contributed by atoms with Crippen LogP contribution in [0, 0.1) is 0 Å². The van der Waals surface area contributed by atoms with Gasteiger partial charge < -0.3 is 9.54 Å². The Morgan fingerprint density at radius 1 is 1.75 bits per heavy atom. The molecule has 12 heavy (non-hydrogen) atoms. The Morgan fingerprint density at radius 3 is 2.83 bits per heavy atom. The lowest BCUT2D eigenvalue weighted by molar-refractivity contribution is 0.0248. The van der Waals surface area contributed by atoms with Crippen LogP contribution in [0.4, 0.5) is 0 Å². The smallest absolute Gasteiger partial charge is 0.320 e. The largest absolute Gasteiger partial charge is 0.609 e. The van der Waals surface area contributed by atoms with E-state index in [-0.39, 0.29) is 5.75 Å². The van der Waals surface area contributed by atoms with Gasteiger partial charge in [0.05, 0.1) is 0 Å². The second-order valence-corrected chi connectivity index (χ2v) is 4.51. The molecular formula is C7H11N2O2S. The van der Waals surface area contributed by atoms with Crippen LogP contribution in [0.3, 0.4) is 0 Å². The van der Waals surface area contributed by atoms with Gasteiger partial charge in [-0.15, -0.1) is 0 Å². The van der Waals surface area contributed by atoms with Crippen molar-refractivity contribution in [3.8, 4) is 0 Å². The Kier molecular flexibility index (Phi) is 2.76. The first-order valence-electron chi connectivity index (χ1n) is 3.57. The first-order chi connectivity index (χ1) is 5.49. The second-order valence-electron chi connectivity index (χ2n) is 3.14. The van der Waals surface area contributed by atoms with Crippen molar-refractivity contribution in [1.82, 2.24) is 9.97 Å². The van der Waals surface area contributed by atoms with Crippen LogP contribution >= 0.6 is 0 Å². The summed E-state index contributed by atoms with van der Waals surface area (Å²) in [6, 6.07) is 0. The van der Waals surface area contributed by atoms with Gasteiger partial charge in [-0.05, 0) is 13.8 Å². The molecule has 0 saturated heterocycles. The molecule has 0 fully saturated rings. The van der Waals surface area contributed by atoms with Crippen LogP contribution in [0.15, 0.2) is 17.6 Å². The van der Waals surface area contributed by atoms with Crippen molar-refractivity contribution in [2.75, 3.05) is 5.75 Å². The number of nitrogens with zero attached hydrogens (tertiary/aromatic N) is 1. The molecule has 0 aliphatic rings. The summed E-state index contributed by atoms with van der Waals surface area (Å²) in [5.41, 5.74) is -1.17. The third kappa shape index (κ3) is 2.84. The summed E-state index contributed by atoms with van der Waals surface area (Å²) in [6.45, 7) is 3.02. The van der Waals surface area contributed by atoms with Crippen molar-refractivity contribution < 1.29 is 9.66 Å². The van der Waals surface area contributed by atoms with Crippen LogP contribution in [0.5, 0.6) is 0 Å². The minimum absolute atomic E-state index is 0.0838. The molecule has 1 unspecified atom stereocenters. The van der Waals surface area contributed by atoms with Gasteiger partial charge in [-0.1, -0.05) is 0 Å². The van der Waals surface area contributed by atoms with E-state index in [0.29, 0.717) is 5.16 Å². The van der Waals surface area contributed by atoms with E-state index in [1.807, 2.05) is 0 Å². The van der Waals surface area contributed by atoms with Crippen LogP contribution in [-0.4, -0.2) is 25.9 Å². The van der Waals surface area contributed by atoms with Crippen LogP contribution in [0.25, 0.3) is 0 Å². The maximum atomic E-state index is 11.3. The molecule has 1 aromatic rings. The van der Waals surface area contributed by atoms with Crippen LogP contribution in [-0.2, 0) is 16.3 Å². The molecule has 0 spiro atoms. The zero-order valence-corrected chi connectivity index (χ0v) is 7.85. The summed E-state index contributed by atoms with van der Waals surface area (Å²) in [6.07, 6.45) is 3.11. The molecule has 1 N–H and O–H groups in total. The van der Waals surface area contributed by atoms with Crippen LogP contribution < -0.4 is 0 Å². The van der Waals surface area contributed by atoms with Gasteiger partial charge in [0, 0.05) is 23.6 Å². The highest BCUT2D eigenvalue weighted by molar-refractivity contribution is 7.91. The van der Waals surface area contributed by atoms with Gasteiger partial charge in [0.1, 0.15) is 11.4 Å². The quantitative estimate of drug-likeness (QED) is 0.708. The number of aromatic nitrogens is 2. The van der Waals surface area contributed by atoms with Gasteiger partial charge in [-0.3, -0.25) is 0 Å². The maximum absolute atomic E-state index is 11.3. The molecule has 0 aromatic carbocycles. The van der Waals surface area contributed by atoms with Crippen LogP contribution in [0.1, 0.15) is 13.8 Å². The van der Waals surface area contributed by atoms with E-state index in [4.69, 9.17) is 0 Å². The fourth-order valence-corrected chi connectivity index (χ4v) is 1.91. The van der Waals surface area contributed by atoms with E-state index in [9.17, 15) is 9.66 Å². The zero-order valence-electron chi connectivity index (χ0n) is 7.03. The lowest BCUT2D eigenvalue weighted by Crippen LogP contribution is -2.29. The highest BCUT2D eigenvalue weighted by Gasteiger charge is 2.26. The SMILES string of the molecule is CC(C)([O])C[S+]([O-])c1ncc[nH]1. The van der Waals surface area contributed by atoms with Crippen molar-refractivity contribution in [1.29, 1.82) is 0 Å². The number of nitrogens with one attached hydrogen (secondary N) is 1. The predicted molar refractivity (Wildman–Crippen MR) is 44.6 cm³/mol. The van der Waals surface area contributed by atoms with Gasteiger partial charge in [-0.2, -0.15) is 4.98 Å². The lowest BCUT2D eigenvalue weighted by atomic mass is 10.2. The van der Waals surface area contributed by atoms with Crippen LogP contribution in [0.2, 0.25) is 0 Å². The van der Waals surface area contributed by atoms with Gasteiger partial charge >= 0.3 is 5.16 Å². The van der Waals surface area contributed by atoms with E-state index in [2.05, 4.69) is 9.97 Å². The fourth-order valence-electron chi connectivity index (χ4n) is 0.759. The molecule has 5 heteroatoms. The third-order valence-electron chi connectivity index (χ3n) is 1.17. The van der Waals surface area contributed by atoms with Gasteiger partial charge in [0.15, 0.2) is 0 Å². The molecule has 1 radical (unpaired) electrons. The summed E-state index contributed by atoms with van der Waals surface area (Å²) < 4.78 is 11.3. The molecule has 1 heterocycles. The number of imidazole rings is 1. The molecule has 1 atom stereocenters. The Balaban J connectivity index is 2.56. The molecule has 0 bridgehead atoms. The van der Waals surface area contributed by atoms with E-state index >= 15 is 0 Å². The minimum atomic E-state index is -1.30. The molecule has 0 amide bonds. The van der Waals surface area contributed by atoms with Gasteiger partial charge in [-0.25, -0.2) is 5.11 Å². The Bertz CT molecular complexity index is 230. The Hall–Kier alpha value is -0.520. The fraction of sp³-hybridized carbons (Fsp3) is 0.571. The summed E-state index contributed by atoms with van der Waals surface area (Å²) in [5, 5.41) is 11.5. The van der Waals surface area contributed by atoms with Gasteiger partial charge in [0.2, 0.25) is 0 Å². The predicted octanol–water partition coefficient (Wildman–Crippen LogP) is 0.726. The number of hydrogen-bond acceptors (Lipinski definition) is 2. The van der Waals surface area contributed by atoms with Gasteiger partial charge in [0.25, 0.3) is 0 Å². The highest BCUT2D eigenvalue weighted by atomic mass is 32.2. The molecule has 1 aromatic heterocycles. The van der Waals surface area contributed by atoms with E-state index in [1.54, 1.807) is 6.20 Å². The average molecular weight is 187 g/mol. The third-order valence-corrected chi connectivity index (χ3v) is 2.78. The molecule has 0 saturated carbocycles. The maximum Gasteiger partial charge on any atom is 0.320 e. The van der Waals surface area contributed by atoms with E-state index < -0.39 is 16.8 Å². The Labute approximate surface area is 74.2 Å². The van der Waals surface area contributed by atoms with Crippen molar-refractivity contribution in [2.45, 2.75) is 24.6 Å². The molecule has 0 aliphatic heterocycles. The molecule has 0 aliphatic carbocycles. The normalized spacial score (nSPS) is 14.7. The van der Waals surface area contributed by atoms with Crippen molar-refractivity contribution >= 4 is 11.2 Å². The zero-order chi connectivity index (χ0) is 9.19. The monoisotopic (exact) mass is 187 g/mol. The number of rotatable bonds is 3. The average Bonchev–Trinajstić information content (AvgIpc) is 2.32. The lowest BCUT2D eigenvalue weighted by Gasteiger charge is -2.15. The number of hydrogen-bond donors (Lipinski definition) is 1. The summed E-state index contributed by atoms with van der Waals surface area (Å²) in [5.74, 6) is 0.0838. The second kappa shape index (κ2) is 3.47. The number of H-pyrrole nitrogens is 1. The summed E-state index contributed by atoms with van der Waals surface area (Å²) >= 11 is -1.30. The first kappa shape index (κ1) is 9.57. The number of aromatic amines is 1. The molecule has 67 valence electrons. The summed E-state index contributed by atoms with van der Waals surface area (Å²) in [7, 11) is 0. The molecule has 4 nitrogen and oxygen atoms in total. The van der Waals surface area contributed by atoms with E-state index in [0.717, 1.165) is 0 Å². The first-order valence-corrected chi connectivity index (χ1v) is 4.89. The topological polar surface area (TPSA) is 71.6 Å². The highest BCUT2D eigenvalue weighted by Crippen LogP contribution is 2.12. The van der Waals surface area contributed by atoms with Crippen molar-refractivity contribution in [2.24, 2.45) is 0 Å². The van der Waals surface area contributed by atoms with Crippen molar-refractivity contribution in [3.05, 3.63) is 12.4 Å². The van der Waals surface area contributed by atoms with E-state index in [1.165, 1.54) is 20.0 Å². The molecule has 1 rings (SSSR count).